The lowest BCUT2D eigenvalue weighted by Gasteiger charge is -2.21. The van der Waals surface area contributed by atoms with Crippen LogP contribution in [0.15, 0.2) is 36.5 Å². The van der Waals surface area contributed by atoms with Crippen molar-refractivity contribution in [3.63, 3.8) is 0 Å². The zero-order valence-corrected chi connectivity index (χ0v) is 14.5. The summed E-state index contributed by atoms with van der Waals surface area (Å²) in [6, 6.07) is 9.20. The lowest BCUT2D eigenvalue weighted by atomic mass is 10.1. The molecule has 3 rings (SSSR count). The van der Waals surface area contributed by atoms with Crippen LogP contribution < -0.4 is 10.2 Å². The number of hydrogen-bond acceptors (Lipinski definition) is 3. The molecule has 1 saturated heterocycles. The number of rotatable bonds is 5. The molecule has 1 aromatic heterocycles. The summed E-state index contributed by atoms with van der Waals surface area (Å²) in [5.74, 6) is -0.187. The number of likely N-dealkylation sites (tertiary alicyclic amines) is 1. The van der Waals surface area contributed by atoms with Crippen molar-refractivity contribution in [1.82, 2.24) is 4.57 Å². The van der Waals surface area contributed by atoms with Crippen LogP contribution in [-0.2, 0) is 11.8 Å². The fraction of sp³-hybridized carbons (Fsp3) is 0.389. The number of benzene rings is 1. The van der Waals surface area contributed by atoms with Gasteiger partial charge in [0.15, 0.2) is 6.54 Å². The van der Waals surface area contributed by atoms with E-state index < -0.39 is 4.92 Å². The molecule has 7 heteroatoms. The highest BCUT2D eigenvalue weighted by atomic mass is 16.6. The van der Waals surface area contributed by atoms with E-state index in [2.05, 4.69) is 16.0 Å². The molecule has 2 aromatic rings. The van der Waals surface area contributed by atoms with Crippen LogP contribution in [0.3, 0.4) is 0 Å². The second-order valence-corrected chi connectivity index (χ2v) is 6.60. The van der Waals surface area contributed by atoms with Crippen LogP contribution in [0.1, 0.15) is 30.1 Å². The molecule has 1 fully saturated rings. The number of hydrogen-bond donors (Lipinski definition) is 2. The highest BCUT2D eigenvalue weighted by molar-refractivity contribution is 5.94. The standard InChI is InChI=1S/C18H22N4O3/c1-13-6-3-7-16(22(24)25)18(13)19-17(23)12-21-11-5-9-15(21)14-8-4-10-20(14)2/h3-4,6-8,10,15H,5,9,11-12H2,1-2H3,(H,19,23)/p+1/t15-/m1/s1. The van der Waals surface area contributed by atoms with Gasteiger partial charge in [-0.05, 0) is 24.6 Å². The molecule has 1 aliphatic heterocycles. The van der Waals surface area contributed by atoms with Gasteiger partial charge in [-0.15, -0.1) is 0 Å². The highest BCUT2D eigenvalue weighted by Crippen LogP contribution is 2.27. The number of nitro groups is 1. The van der Waals surface area contributed by atoms with E-state index in [0.29, 0.717) is 17.8 Å². The molecule has 0 radical (unpaired) electrons. The van der Waals surface area contributed by atoms with Gasteiger partial charge in [-0.25, -0.2) is 0 Å². The van der Waals surface area contributed by atoms with Crippen LogP contribution in [0.2, 0.25) is 0 Å². The fourth-order valence-electron chi connectivity index (χ4n) is 3.67. The molecular weight excluding hydrogens is 320 g/mol. The van der Waals surface area contributed by atoms with E-state index in [-0.39, 0.29) is 17.6 Å². The second kappa shape index (κ2) is 7.06. The largest absolute Gasteiger partial charge is 0.350 e. The number of quaternary nitrogens is 1. The first-order valence-corrected chi connectivity index (χ1v) is 8.47. The molecule has 25 heavy (non-hydrogen) atoms. The first-order valence-electron chi connectivity index (χ1n) is 8.47. The van der Waals surface area contributed by atoms with Gasteiger partial charge >= 0.3 is 0 Å². The van der Waals surface area contributed by atoms with Gasteiger partial charge in [0.05, 0.1) is 17.2 Å². The van der Waals surface area contributed by atoms with Crippen molar-refractivity contribution in [3.8, 4) is 0 Å². The first kappa shape index (κ1) is 17.2. The van der Waals surface area contributed by atoms with Gasteiger partial charge < -0.3 is 14.8 Å². The molecule has 2 heterocycles. The number of amides is 1. The van der Waals surface area contributed by atoms with Gasteiger partial charge in [0.25, 0.3) is 11.6 Å². The third-order valence-electron chi connectivity index (χ3n) is 4.92. The Bertz CT molecular complexity index is 799. The van der Waals surface area contributed by atoms with Crippen molar-refractivity contribution in [2.75, 3.05) is 18.4 Å². The van der Waals surface area contributed by atoms with E-state index >= 15 is 0 Å². The number of aromatic nitrogens is 1. The predicted molar refractivity (Wildman–Crippen MR) is 94.5 cm³/mol. The van der Waals surface area contributed by atoms with Gasteiger partial charge in [0.2, 0.25) is 0 Å². The van der Waals surface area contributed by atoms with E-state index in [9.17, 15) is 14.9 Å². The molecule has 2 atom stereocenters. The fourth-order valence-corrected chi connectivity index (χ4v) is 3.67. The minimum absolute atomic E-state index is 0.0660. The average Bonchev–Trinajstić information content (AvgIpc) is 3.17. The van der Waals surface area contributed by atoms with Crippen molar-refractivity contribution in [2.45, 2.75) is 25.8 Å². The molecule has 1 aliphatic rings. The molecule has 132 valence electrons. The van der Waals surface area contributed by atoms with Crippen LogP contribution in [0.5, 0.6) is 0 Å². The Morgan fingerprint density at radius 2 is 2.20 bits per heavy atom. The maximum atomic E-state index is 12.5. The first-order chi connectivity index (χ1) is 12.0. The molecular formula is C18H23N4O3+. The van der Waals surface area contributed by atoms with Gasteiger partial charge in [0, 0.05) is 32.2 Å². The third kappa shape index (κ3) is 3.56. The molecule has 0 spiro atoms. The van der Waals surface area contributed by atoms with E-state index in [4.69, 9.17) is 0 Å². The number of nitrogens with zero attached hydrogens (tertiary/aromatic N) is 2. The normalized spacial score (nSPS) is 19.8. The molecule has 2 N–H and O–H groups in total. The summed E-state index contributed by atoms with van der Waals surface area (Å²) in [7, 11) is 2.02. The van der Waals surface area contributed by atoms with Crippen molar-refractivity contribution in [2.24, 2.45) is 7.05 Å². The van der Waals surface area contributed by atoms with E-state index in [1.807, 2.05) is 19.3 Å². The Morgan fingerprint density at radius 3 is 2.88 bits per heavy atom. The van der Waals surface area contributed by atoms with Gasteiger partial charge in [-0.3, -0.25) is 14.9 Å². The molecule has 0 bridgehead atoms. The molecule has 1 unspecified atom stereocenters. The number of carbonyl (C=O) groups excluding carboxylic acids is 1. The smallest absolute Gasteiger partial charge is 0.293 e. The zero-order chi connectivity index (χ0) is 18.0. The number of nitrogens with one attached hydrogen (secondary N) is 2. The van der Waals surface area contributed by atoms with Crippen molar-refractivity contribution < 1.29 is 14.6 Å². The molecule has 7 nitrogen and oxygen atoms in total. The number of nitro benzene ring substituents is 1. The summed E-state index contributed by atoms with van der Waals surface area (Å²) in [4.78, 5) is 24.5. The summed E-state index contributed by atoms with van der Waals surface area (Å²) in [5.41, 5.74) is 2.15. The van der Waals surface area contributed by atoms with Crippen LogP contribution in [0.25, 0.3) is 0 Å². The lowest BCUT2D eigenvalue weighted by Crippen LogP contribution is -3.11. The minimum atomic E-state index is -0.460. The Morgan fingerprint density at radius 1 is 1.40 bits per heavy atom. The predicted octanol–water partition coefficient (Wildman–Crippen LogP) is 1.60. The SMILES string of the molecule is Cc1cccc([N+](=O)[O-])c1NC(=O)C[NH+]1CCC[C@@H]1c1cccn1C. The van der Waals surface area contributed by atoms with Crippen LogP contribution in [-0.4, -0.2) is 28.5 Å². The zero-order valence-electron chi connectivity index (χ0n) is 14.5. The Kier molecular flexibility index (Phi) is 4.85. The number of aryl methyl sites for hydroxylation is 2. The Balaban J connectivity index is 1.73. The van der Waals surface area contributed by atoms with E-state index in [0.717, 1.165) is 19.4 Å². The van der Waals surface area contributed by atoms with Crippen LogP contribution in [0.4, 0.5) is 11.4 Å². The quantitative estimate of drug-likeness (QED) is 0.639. The monoisotopic (exact) mass is 343 g/mol. The summed E-state index contributed by atoms with van der Waals surface area (Å²) in [6.45, 7) is 3.00. The van der Waals surface area contributed by atoms with Gasteiger partial charge in [-0.1, -0.05) is 12.1 Å². The van der Waals surface area contributed by atoms with Crippen molar-refractivity contribution in [3.05, 3.63) is 57.9 Å². The topological polar surface area (TPSA) is 81.6 Å². The lowest BCUT2D eigenvalue weighted by molar-refractivity contribution is -0.910. The summed E-state index contributed by atoms with van der Waals surface area (Å²) >= 11 is 0. The maximum absolute atomic E-state index is 12.5. The molecule has 0 aliphatic carbocycles. The van der Waals surface area contributed by atoms with Crippen LogP contribution >= 0.6 is 0 Å². The molecule has 0 saturated carbocycles. The second-order valence-electron chi connectivity index (χ2n) is 6.60. The summed E-state index contributed by atoms with van der Waals surface area (Å²) in [5, 5.41) is 14.0. The third-order valence-corrected chi connectivity index (χ3v) is 4.92. The maximum Gasteiger partial charge on any atom is 0.293 e. The highest BCUT2D eigenvalue weighted by Gasteiger charge is 2.33. The van der Waals surface area contributed by atoms with E-state index in [1.54, 1.807) is 19.1 Å². The number of anilines is 1. The Hall–Kier alpha value is -2.67. The Labute approximate surface area is 146 Å². The number of carbonyl (C=O) groups is 1. The minimum Gasteiger partial charge on any atom is -0.350 e. The molecule has 1 amide bonds. The van der Waals surface area contributed by atoms with Crippen LogP contribution in [0, 0.1) is 17.0 Å². The molecule has 1 aromatic carbocycles. The summed E-state index contributed by atoms with van der Waals surface area (Å²) < 4.78 is 2.10. The number of para-hydroxylation sites is 1. The van der Waals surface area contributed by atoms with Crippen molar-refractivity contribution in [1.29, 1.82) is 0 Å². The van der Waals surface area contributed by atoms with Crippen molar-refractivity contribution >= 4 is 17.3 Å². The van der Waals surface area contributed by atoms with E-state index in [1.165, 1.54) is 16.7 Å². The van der Waals surface area contributed by atoms with Gasteiger partial charge in [0.1, 0.15) is 11.7 Å². The summed E-state index contributed by atoms with van der Waals surface area (Å²) in [6.07, 6.45) is 4.13. The van der Waals surface area contributed by atoms with Gasteiger partial charge in [-0.2, -0.15) is 0 Å². The average molecular weight is 343 g/mol.